The Morgan fingerprint density at radius 1 is 1.14 bits per heavy atom. The fourth-order valence-corrected chi connectivity index (χ4v) is 5.43. The first-order valence-electron chi connectivity index (χ1n) is 12.6. The number of esters is 1. The van der Waals surface area contributed by atoms with Gasteiger partial charge in [-0.15, -0.1) is 0 Å². The van der Waals surface area contributed by atoms with Crippen molar-refractivity contribution in [3.8, 4) is 11.3 Å². The van der Waals surface area contributed by atoms with Gasteiger partial charge in [0.25, 0.3) is 5.91 Å². The number of amides is 1. The van der Waals surface area contributed by atoms with Crippen molar-refractivity contribution in [1.82, 2.24) is 5.32 Å². The van der Waals surface area contributed by atoms with Gasteiger partial charge >= 0.3 is 11.7 Å². The number of halogens is 2. The number of anilines is 1. The topological polar surface area (TPSA) is 149 Å². The number of carbonyl (C=O) groups excluding carboxylic acids is 2. The monoisotopic (exact) mass is 599 g/mol. The maximum atomic E-state index is 14.8. The summed E-state index contributed by atoms with van der Waals surface area (Å²) in [6, 6.07) is 10.3. The molecular weight excluding hydrogens is 576 g/mol. The number of benzene rings is 3. The Hall–Kier alpha value is -4.85. The Morgan fingerprint density at radius 3 is 2.40 bits per heavy atom. The summed E-state index contributed by atoms with van der Waals surface area (Å²) in [6.07, 6.45) is 1.61. The Balaban J connectivity index is 1.67. The summed E-state index contributed by atoms with van der Waals surface area (Å²) in [7, 11) is -1.02. The van der Waals surface area contributed by atoms with Crippen molar-refractivity contribution in [2.45, 2.75) is 25.3 Å². The van der Waals surface area contributed by atoms with Crippen LogP contribution in [0.2, 0.25) is 0 Å². The maximum absolute atomic E-state index is 14.8. The molecule has 14 heteroatoms. The molecule has 0 radical (unpaired) electrons. The lowest BCUT2D eigenvalue weighted by Crippen LogP contribution is -2.22. The van der Waals surface area contributed by atoms with Crippen LogP contribution in [0.3, 0.4) is 0 Å². The molecule has 1 aliphatic rings. The second-order valence-corrected chi connectivity index (χ2v) is 10.5. The molecule has 218 valence electrons. The van der Waals surface area contributed by atoms with Crippen LogP contribution in [0.5, 0.6) is 0 Å². The highest BCUT2D eigenvalue weighted by Gasteiger charge is 2.32. The van der Waals surface area contributed by atoms with Crippen molar-refractivity contribution in [2.24, 2.45) is 0 Å². The molecule has 4 aromatic rings. The van der Waals surface area contributed by atoms with Crippen molar-refractivity contribution in [3.05, 3.63) is 92.5 Å². The fraction of sp³-hybridized carbons (Fsp3) is 0.214. The number of carbonyl (C=O) groups is 2. The average Bonchev–Trinajstić information content (AvgIpc) is 3.74. The number of fused-ring (bicyclic) bond motifs is 1. The maximum Gasteiger partial charge on any atom is 0.345 e. The van der Waals surface area contributed by atoms with Crippen molar-refractivity contribution < 1.29 is 40.9 Å². The van der Waals surface area contributed by atoms with Gasteiger partial charge in [-0.1, -0.05) is 0 Å². The summed E-state index contributed by atoms with van der Waals surface area (Å²) >= 11 is 0. The molecule has 0 atom stereocenters. The summed E-state index contributed by atoms with van der Waals surface area (Å²) in [4.78, 5) is 35.5. The minimum atomic E-state index is -3.43. The van der Waals surface area contributed by atoms with Gasteiger partial charge in [0.1, 0.15) is 22.7 Å². The van der Waals surface area contributed by atoms with E-state index in [1.165, 1.54) is 31.3 Å². The molecule has 0 spiro atoms. The Labute approximate surface area is 238 Å². The van der Waals surface area contributed by atoms with Crippen molar-refractivity contribution in [1.29, 1.82) is 0 Å². The number of hydrogen-bond acceptors (Lipinski definition) is 8. The van der Waals surface area contributed by atoms with Crippen molar-refractivity contribution >= 4 is 45.1 Å². The molecule has 1 amide bonds. The van der Waals surface area contributed by atoms with E-state index in [9.17, 15) is 36.9 Å². The molecule has 0 bridgehead atoms. The smallest absolute Gasteiger partial charge is 0.345 e. The summed E-state index contributed by atoms with van der Waals surface area (Å²) in [6.45, 7) is -0.333. The first-order chi connectivity index (χ1) is 20.0. The molecule has 11 nitrogen and oxygen atoms in total. The summed E-state index contributed by atoms with van der Waals surface area (Å²) in [5.41, 5.74) is -0.0876. The van der Waals surface area contributed by atoms with Gasteiger partial charge in [-0.2, -0.15) is 4.39 Å². The number of nitro benzene ring substituents is 1. The van der Waals surface area contributed by atoms with E-state index in [-0.39, 0.29) is 35.1 Å². The molecule has 0 aliphatic heterocycles. The zero-order valence-corrected chi connectivity index (χ0v) is 23.1. The molecule has 0 saturated heterocycles. The molecule has 42 heavy (non-hydrogen) atoms. The molecule has 0 unspecified atom stereocenters. The Morgan fingerprint density at radius 2 is 1.83 bits per heavy atom. The van der Waals surface area contributed by atoms with Gasteiger partial charge in [-0.25, -0.2) is 17.6 Å². The normalized spacial score (nSPS) is 12.9. The van der Waals surface area contributed by atoms with E-state index < -0.39 is 50.6 Å². The van der Waals surface area contributed by atoms with Gasteiger partial charge in [-0.05, 0) is 72.4 Å². The number of hydrogen-bond donors (Lipinski definition) is 2. The first-order valence-corrected chi connectivity index (χ1v) is 13.7. The average molecular weight is 600 g/mol. The first kappa shape index (κ1) is 28.7. The SMILES string of the molecule is CNC(=O)c1c(-c2ccc(F)cc2)oc2cc(CN(c3cc(F)c([N+](=O)[O-])c(C(=O)OC)c3)[SH](=O)=O)c(C3CC3)cc12. The van der Waals surface area contributed by atoms with E-state index in [0.717, 1.165) is 35.9 Å². The fourth-order valence-electron chi connectivity index (χ4n) is 4.86. The second-order valence-electron chi connectivity index (χ2n) is 9.58. The van der Waals surface area contributed by atoms with Crippen molar-refractivity contribution in [2.75, 3.05) is 18.5 Å². The zero-order chi connectivity index (χ0) is 30.3. The largest absolute Gasteiger partial charge is 0.465 e. The van der Waals surface area contributed by atoms with Gasteiger partial charge in [0, 0.05) is 24.1 Å². The third kappa shape index (κ3) is 5.28. The Bertz CT molecular complexity index is 1820. The van der Waals surface area contributed by atoms with Gasteiger partial charge in [0.2, 0.25) is 16.7 Å². The van der Waals surface area contributed by atoms with Crippen LogP contribution >= 0.6 is 0 Å². The second kappa shape index (κ2) is 11.2. The molecule has 1 aromatic heterocycles. The minimum Gasteiger partial charge on any atom is -0.465 e. The van der Waals surface area contributed by atoms with Gasteiger partial charge < -0.3 is 14.5 Å². The van der Waals surface area contributed by atoms with Crippen LogP contribution in [0.4, 0.5) is 20.2 Å². The highest BCUT2D eigenvalue weighted by atomic mass is 32.2. The summed E-state index contributed by atoms with van der Waals surface area (Å²) in [5, 5.41) is 14.5. The van der Waals surface area contributed by atoms with Gasteiger partial charge in [0.05, 0.1) is 29.8 Å². The van der Waals surface area contributed by atoms with Gasteiger partial charge in [0.15, 0.2) is 0 Å². The minimum absolute atomic E-state index is 0.0525. The van der Waals surface area contributed by atoms with E-state index in [2.05, 4.69) is 10.1 Å². The van der Waals surface area contributed by atoms with Gasteiger partial charge in [-0.3, -0.25) is 19.2 Å². The number of ether oxygens (including phenoxy) is 1. The van der Waals surface area contributed by atoms with E-state index in [0.29, 0.717) is 22.6 Å². The standard InChI is InChI=1S/C28H23F2N3O8S/c1-31-27(34)24-20-12-19(14-3-4-14)16(9-23(20)41-26(24)15-5-7-17(29)8-6-15)13-32(42(38)39)18-10-21(28(35)40-2)25(33(36)37)22(30)11-18/h5-12,14,42H,3-4,13H2,1-2H3,(H,31,34). The third-order valence-electron chi connectivity index (χ3n) is 6.98. The lowest BCUT2D eigenvalue weighted by Gasteiger charge is -2.20. The lowest BCUT2D eigenvalue weighted by molar-refractivity contribution is -0.387. The number of furan rings is 1. The molecule has 1 N–H and O–H groups in total. The third-order valence-corrected chi connectivity index (χ3v) is 7.75. The summed E-state index contributed by atoms with van der Waals surface area (Å²) in [5.74, 6) is -3.30. The van der Waals surface area contributed by atoms with Crippen LogP contribution < -0.4 is 9.62 Å². The number of nitrogens with zero attached hydrogens (tertiary/aromatic N) is 2. The van der Waals surface area contributed by atoms with E-state index in [1.807, 2.05) is 0 Å². The zero-order valence-electron chi connectivity index (χ0n) is 22.2. The molecular formula is C28H23F2N3O8S. The van der Waals surface area contributed by atoms with Crippen LogP contribution in [0.1, 0.15) is 50.6 Å². The molecule has 3 aromatic carbocycles. The molecule has 1 saturated carbocycles. The van der Waals surface area contributed by atoms with Crippen LogP contribution in [-0.4, -0.2) is 39.4 Å². The number of methoxy groups -OCH3 is 1. The van der Waals surface area contributed by atoms with Crippen LogP contribution in [0.25, 0.3) is 22.3 Å². The number of nitrogens with one attached hydrogen (secondary N) is 1. The number of rotatable bonds is 9. The predicted octanol–water partition coefficient (Wildman–Crippen LogP) is 4.84. The van der Waals surface area contributed by atoms with Crippen LogP contribution in [0, 0.1) is 21.7 Å². The highest BCUT2D eigenvalue weighted by Crippen LogP contribution is 2.45. The lowest BCUT2D eigenvalue weighted by atomic mass is 9.97. The number of nitro groups is 1. The van der Waals surface area contributed by atoms with Crippen LogP contribution in [-0.2, 0) is 22.2 Å². The van der Waals surface area contributed by atoms with Crippen LogP contribution in [0.15, 0.2) is 52.9 Å². The molecule has 1 aliphatic carbocycles. The predicted molar refractivity (Wildman–Crippen MR) is 148 cm³/mol. The van der Waals surface area contributed by atoms with E-state index in [1.54, 1.807) is 12.1 Å². The molecule has 1 fully saturated rings. The van der Waals surface area contributed by atoms with E-state index in [4.69, 9.17) is 4.42 Å². The molecule has 5 rings (SSSR count). The summed E-state index contributed by atoms with van der Waals surface area (Å²) < 4.78 is 64.7. The van der Waals surface area contributed by atoms with Crippen molar-refractivity contribution in [3.63, 3.8) is 0 Å². The highest BCUT2D eigenvalue weighted by molar-refractivity contribution is 7.74. The Kier molecular flexibility index (Phi) is 7.65. The van der Waals surface area contributed by atoms with E-state index >= 15 is 0 Å². The molecule has 1 heterocycles. The quantitative estimate of drug-likeness (QED) is 0.120. The number of thiol groups is 1.